The molecule has 2 atom stereocenters. The molecule has 0 saturated carbocycles. The van der Waals surface area contributed by atoms with E-state index >= 15 is 0 Å². The molecule has 0 unspecified atom stereocenters. The van der Waals surface area contributed by atoms with Crippen LogP contribution in [0.5, 0.6) is 5.75 Å². The third kappa shape index (κ3) is 3.02. The van der Waals surface area contributed by atoms with Gasteiger partial charge in [-0.2, -0.15) is 0 Å². The van der Waals surface area contributed by atoms with Gasteiger partial charge in [0.2, 0.25) is 0 Å². The Morgan fingerprint density at radius 2 is 1.75 bits per heavy atom. The summed E-state index contributed by atoms with van der Waals surface area (Å²) in [7, 11) is 0. The number of aliphatic carboxylic acids is 2. The third-order valence-corrected chi connectivity index (χ3v) is 3.69. The van der Waals surface area contributed by atoms with Crippen LogP contribution >= 0.6 is 0 Å². The lowest BCUT2D eigenvalue weighted by Gasteiger charge is -2.17. The summed E-state index contributed by atoms with van der Waals surface area (Å²) < 4.78 is 11.1. The zero-order valence-electron chi connectivity index (χ0n) is 12.5. The molecule has 0 aliphatic carbocycles. The number of carbonyl (C=O) groups is 2. The van der Waals surface area contributed by atoms with Crippen molar-refractivity contribution in [3.8, 4) is 5.75 Å². The van der Waals surface area contributed by atoms with Crippen LogP contribution in [0.15, 0.2) is 46.9 Å². The number of para-hydroxylation sites is 1. The van der Waals surface area contributed by atoms with Crippen molar-refractivity contribution >= 4 is 33.9 Å². The first-order chi connectivity index (χ1) is 11.5. The number of hydrogen-bond acceptors (Lipinski definition) is 5. The third-order valence-electron chi connectivity index (χ3n) is 3.69. The van der Waals surface area contributed by atoms with E-state index in [1.165, 1.54) is 0 Å². The Labute approximate surface area is 136 Å². The van der Waals surface area contributed by atoms with Crippen LogP contribution in [0.3, 0.4) is 0 Å². The van der Waals surface area contributed by atoms with Gasteiger partial charge >= 0.3 is 11.9 Å². The van der Waals surface area contributed by atoms with Crippen molar-refractivity contribution in [2.24, 2.45) is 5.73 Å². The Morgan fingerprint density at radius 3 is 2.46 bits per heavy atom. The number of nitrogens with two attached hydrogens (primary N) is 1. The quantitative estimate of drug-likeness (QED) is 0.633. The van der Waals surface area contributed by atoms with Gasteiger partial charge < -0.3 is 25.1 Å². The lowest BCUT2D eigenvalue weighted by molar-refractivity contribution is -0.146. The van der Waals surface area contributed by atoms with Crippen LogP contribution in [0.1, 0.15) is 6.42 Å². The number of carboxylic acids is 2. The molecule has 0 saturated heterocycles. The van der Waals surface area contributed by atoms with Crippen molar-refractivity contribution in [1.82, 2.24) is 0 Å². The van der Waals surface area contributed by atoms with Crippen LogP contribution in [-0.4, -0.2) is 34.3 Å². The molecular weight excluding hydrogens is 314 g/mol. The van der Waals surface area contributed by atoms with E-state index in [0.29, 0.717) is 16.9 Å². The van der Waals surface area contributed by atoms with Crippen LogP contribution in [0.2, 0.25) is 0 Å². The molecule has 7 heteroatoms. The second kappa shape index (κ2) is 6.21. The number of ether oxygens (including phenoxy) is 1. The van der Waals surface area contributed by atoms with Gasteiger partial charge in [-0.05, 0) is 24.3 Å². The molecule has 1 aromatic heterocycles. The highest BCUT2D eigenvalue weighted by Crippen LogP contribution is 2.31. The minimum atomic E-state index is -1.35. The van der Waals surface area contributed by atoms with Crippen molar-refractivity contribution in [2.45, 2.75) is 18.6 Å². The molecule has 24 heavy (non-hydrogen) atoms. The molecule has 0 bridgehead atoms. The molecule has 0 fully saturated rings. The summed E-state index contributed by atoms with van der Waals surface area (Å²) in [4.78, 5) is 22.1. The van der Waals surface area contributed by atoms with Gasteiger partial charge in [0.15, 0.2) is 6.10 Å². The zero-order chi connectivity index (χ0) is 17.3. The van der Waals surface area contributed by atoms with Crippen LogP contribution in [-0.2, 0) is 9.59 Å². The van der Waals surface area contributed by atoms with Crippen molar-refractivity contribution in [2.75, 3.05) is 0 Å². The van der Waals surface area contributed by atoms with Gasteiger partial charge in [0.05, 0.1) is 0 Å². The van der Waals surface area contributed by atoms with E-state index in [1.807, 2.05) is 24.3 Å². The van der Waals surface area contributed by atoms with Gasteiger partial charge in [0.25, 0.3) is 0 Å². The second-order valence-corrected chi connectivity index (χ2v) is 5.38. The van der Waals surface area contributed by atoms with E-state index in [9.17, 15) is 14.7 Å². The summed E-state index contributed by atoms with van der Waals surface area (Å²) in [6.07, 6.45) is -1.69. The predicted octanol–water partition coefficient (Wildman–Crippen LogP) is 2.22. The van der Waals surface area contributed by atoms with Gasteiger partial charge in [-0.1, -0.05) is 18.2 Å². The van der Waals surface area contributed by atoms with E-state index in [0.717, 1.165) is 10.8 Å². The van der Waals surface area contributed by atoms with Crippen LogP contribution in [0.25, 0.3) is 21.9 Å². The Bertz CT molecular complexity index is 916. The van der Waals surface area contributed by atoms with Gasteiger partial charge in [0.1, 0.15) is 23.0 Å². The number of fused-ring (bicyclic) bond motifs is 3. The minimum Gasteiger partial charge on any atom is -0.480 e. The van der Waals surface area contributed by atoms with Crippen LogP contribution in [0.4, 0.5) is 0 Å². The summed E-state index contributed by atoms with van der Waals surface area (Å²) in [5.74, 6) is -2.25. The molecule has 1 heterocycles. The molecule has 2 aromatic carbocycles. The first-order valence-electron chi connectivity index (χ1n) is 7.25. The fourth-order valence-electron chi connectivity index (χ4n) is 2.47. The normalized spacial score (nSPS) is 13.7. The Morgan fingerprint density at radius 1 is 1.04 bits per heavy atom. The van der Waals surface area contributed by atoms with Gasteiger partial charge in [-0.25, -0.2) is 4.79 Å². The number of furan rings is 1. The van der Waals surface area contributed by atoms with Gasteiger partial charge in [-0.15, -0.1) is 0 Å². The molecule has 124 valence electrons. The molecule has 0 radical (unpaired) electrons. The average Bonchev–Trinajstić information content (AvgIpc) is 2.92. The molecular formula is C17H15NO6. The summed E-state index contributed by atoms with van der Waals surface area (Å²) in [6.45, 7) is 0. The van der Waals surface area contributed by atoms with Crippen molar-refractivity contribution in [1.29, 1.82) is 0 Å². The van der Waals surface area contributed by atoms with Crippen molar-refractivity contribution < 1.29 is 29.0 Å². The smallest absolute Gasteiger partial charge is 0.344 e. The minimum absolute atomic E-state index is 0.305. The standard InChI is InChI=1S/C17H15NO6/c18-12(16(19)20)8-15(17(21)22)23-9-5-6-14-11(7-9)10-3-1-2-4-13(10)24-14/h1-7,12,15H,8,18H2,(H,19,20)(H,21,22)/t12-,15-/m0/s1. The van der Waals surface area contributed by atoms with Gasteiger partial charge in [0, 0.05) is 17.2 Å². The zero-order valence-corrected chi connectivity index (χ0v) is 12.5. The topological polar surface area (TPSA) is 123 Å². The van der Waals surface area contributed by atoms with Crippen LogP contribution in [0, 0.1) is 0 Å². The predicted molar refractivity (Wildman–Crippen MR) is 86.0 cm³/mol. The van der Waals surface area contributed by atoms with Gasteiger partial charge in [-0.3, -0.25) is 4.79 Å². The highest BCUT2D eigenvalue weighted by Gasteiger charge is 2.26. The number of carboxylic acid groups (broad SMARTS) is 2. The first-order valence-corrected chi connectivity index (χ1v) is 7.25. The SMILES string of the molecule is N[C@@H](C[C@H](Oc1ccc2oc3ccccc3c2c1)C(=O)O)C(=O)O. The maximum Gasteiger partial charge on any atom is 0.344 e. The first kappa shape index (κ1) is 15.8. The lowest BCUT2D eigenvalue weighted by Crippen LogP contribution is -2.39. The van der Waals surface area contributed by atoms with Crippen molar-refractivity contribution in [3.05, 3.63) is 42.5 Å². The number of benzene rings is 2. The molecule has 4 N–H and O–H groups in total. The van der Waals surface area contributed by atoms with E-state index in [-0.39, 0.29) is 6.42 Å². The van der Waals surface area contributed by atoms with E-state index in [2.05, 4.69) is 0 Å². The summed E-state index contributed by atoms with van der Waals surface area (Å²) in [5.41, 5.74) is 6.77. The fraction of sp³-hybridized carbons (Fsp3) is 0.176. The molecule has 0 spiro atoms. The summed E-state index contributed by atoms with van der Waals surface area (Å²) >= 11 is 0. The molecule has 0 amide bonds. The number of rotatable bonds is 6. The second-order valence-electron chi connectivity index (χ2n) is 5.38. The van der Waals surface area contributed by atoms with Crippen LogP contribution < -0.4 is 10.5 Å². The van der Waals surface area contributed by atoms with E-state index in [4.69, 9.17) is 20.0 Å². The molecule has 0 aliphatic heterocycles. The molecule has 3 rings (SSSR count). The lowest BCUT2D eigenvalue weighted by atomic mass is 10.1. The fourth-order valence-corrected chi connectivity index (χ4v) is 2.47. The average molecular weight is 329 g/mol. The maximum absolute atomic E-state index is 11.3. The molecule has 0 aliphatic rings. The van der Waals surface area contributed by atoms with Crippen molar-refractivity contribution in [3.63, 3.8) is 0 Å². The highest BCUT2D eigenvalue weighted by atomic mass is 16.5. The summed E-state index contributed by atoms with van der Waals surface area (Å²) in [6, 6.07) is 11.1. The largest absolute Gasteiger partial charge is 0.480 e. The summed E-state index contributed by atoms with van der Waals surface area (Å²) in [5, 5.41) is 19.7. The highest BCUT2D eigenvalue weighted by molar-refractivity contribution is 6.05. The number of hydrogen-bond donors (Lipinski definition) is 3. The Hall–Kier alpha value is -3.06. The monoisotopic (exact) mass is 329 g/mol. The molecule has 7 nitrogen and oxygen atoms in total. The van der Waals surface area contributed by atoms with E-state index < -0.39 is 24.1 Å². The maximum atomic E-state index is 11.3. The molecule has 3 aromatic rings. The Balaban J connectivity index is 1.91. The van der Waals surface area contributed by atoms with E-state index in [1.54, 1.807) is 18.2 Å². The Kier molecular flexibility index (Phi) is 4.09.